The average molecular weight is 294 g/mol. The molecule has 3 N–H and O–H groups in total. The van der Waals surface area contributed by atoms with Gasteiger partial charge in [0.1, 0.15) is 5.01 Å². The molecule has 0 aliphatic heterocycles. The van der Waals surface area contributed by atoms with Crippen molar-refractivity contribution in [1.82, 2.24) is 10.2 Å². The number of benzene rings is 1. The van der Waals surface area contributed by atoms with Gasteiger partial charge in [-0.1, -0.05) is 11.3 Å². The van der Waals surface area contributed by atoms with Crippen LogP contribution in [0.4, 0.5) is 10.8 Å². The molecule has 0 radical (unpaired) electrons. The minimum absolute atomic E-state index is 0.0852. The molecule has 0 aliphatic rings. The molecular weight excluding hydrogens is 280 g/mol. The summed E-state index contributed by atoms with van der Waals surface area (Å²) in [5.41, 5.74) is 6.33. The zero-order valence-electron chi connectivity index (χ0n) is 10.6. The van der Waals surface area contributed by atoms with Crippen molar-refractivity contribution in [3.05, 3.63) is 29.3 Å². The Balaban J connectivity index is 1.94. The number of thioether (sulfide) groups is 1. The lowest BCUT2D eigenvalue weighted by Gasteiger charge is -2.10. The Hall–Kier alpha value is -1.60. The van der Waals surface area contributed by atoms with Gasteiger partial charge in [0.2, 0.25) is 11.0 Å². The molecule has 100 valence electrons. The molecule has 2 aromatic rings. The van der Waals surface area contributed by atoms with Crippen molar-refractivity contribution >= 4 is 39.8 Å². The molecular formula is C12H14N4OS2. The highest BCUT2D eigenvalue weighted by Gasteiger charge is 2.16. The van der Waals surface area contributed by atoms with Gasteiger partial charge in [0.15, 0.2) is 0 Å². The lowest BCUT2D eigenvalue weighted by molar-refractivity contribution is -0.115. The van der Waals surface area contributed by atoms with Gasteiger partial charge in [-0.25, -0.2) is 0 Å². The molecule has 1 amide bonds. The SMILES string of the molecule is Cc1nnc(NC(=O)C(C)Sc2ccc(N)cc2)s1. The van der Waals surface area contributed by atoms with Gasteiger partial charge < -0.3 is 5.73 Å². The monoisotopic (exact) mass is 294 g/mol. The number of nitrogens with one attached hydrogen (secondary N) is 1. The quantitative estimate of drug-likeness (QED) is 0.669. The highest BCUT2D eigenvalue weighted by Crippen LogP contribution is 2.25. The maximum Gasteiger partial charge on any atom is 0.239 e. The van der Waals surface area contributed by atoms with Gasteiger partial charge in [-0.15, -0.1) is 22.0 Å². The van der Waals surface area contributed by atoms with Crippen molar-refractivity contribution in [2.24, 2.45) is 0 Å². The van der Waals surface area contributed by atoms with Gasteiger partial charge in [-0.2, -0.15) is 0 Å². The molecule has 0 saturated heterocycles. The van der Waals surface area contributed by atoms with E-state index in [2.05, 4.69) is 15.5 Å². The van der Waals surface area contributed by atoms with E-state index in [0.29, 0.717) is 10.8 Å². The molecule has 7 heteroatoms. The van der Waals surface area contributed by atoms with Crippen molar-refractivity contribution in [2.45, 2.75) is 24.0 Å². The van der Waals surface area contributed by atoms with E-state index in [-0.39, 0.29) is 11.2 Å². The van der Waals surface area contributed by atoms with E-state index in [4.69, 9.17) is 5.73 Å². The van der Waals surface area contributed by atoms with Gasteiger partial charge in [-0.3, -0.25) is 10.1 Å². The van der Waals surface area contributed by atoms with E-state index >= 15 is 0 Å². The number of amides is 1. The predicted octanol–water partition coefficient (Wildman–Crippen LogP) is 2.55. The van der Waals surface area contributed by atoms with Crippen LogP contribution in [-0.2, 0) is 4.79 Å². The number of aromatic nitrogens is 2. The van der Waals surface area contributed by atoms with Crippen molar-refractivity contribution in [1.29, 1.82) is 0 Å². The van der Waals surface area contributed by atoms with E-state index in [1.54, 1.807) is 0 Å². The summed E-state index contributed by atoms with van der Waals surface area (Å²) in [5.74, 6) is -0.0852. The summed E-state index contributed by atoms with van der Waals surface area (Å²) in [7, 11) is 0. The lowest BCUT2D eigenvalue weighted by Crippen LogP contribution is -2.22. The summed E-state index contributed by atoms with van der Waals surface area (Å²) in [4.78, 5) is 13.0. The van der Waals surface area contributed by atoms with Crippen LogP contribution in [0.25, 0.3) is 0 Å². The summed E-state index contributed by atoms with van der Waals surface area (Å²) in [6.45, 7) is 3.70. The third kappa shape index (κ3) is 3.93. The van der Waals surface area contributed by atoms with Gasteiger partial charge >= 0.3 is 0 Å². The standard InChI is InChI=1S/C12H14N4OS2/c1-7(18-10-5-3-9(13)4-6-10)11(17)14-12-16-15-8(2)19-12/h3-7H,13H2,1-2H3,(H,14,16,17). The largest absolute Gasteiger partial charge is 0.399 e. The summed E-state index contributed by atoms with van der Waals surface area (Å²) in [6.07, 6.45) is 0. The van der Waals surface area contributed by atoms with Crippen molar-refractivity contribution in [2.75, 3.05) is 11.1 Å². The summed E-state index contributed by atoms with van der Waals surface area (Å²) < 4.78 is 0. The average Bonchev–Trinajstić information content (AvgIpc) is 2.77. The molecule has 0 spiro atoms. The maximum absolute atomic E-state index is 12.0. The third-order valence-corrected chi connectivity index (χ3v) is 4.18. The van der Waals surface area contributed by atoms with Crippen LogP contribution >= 0.6 is 23.1 Å². The molecule has 1 heterocycles. The van der Waals surface area contributed by atoms with Crippen molar-refractivity contribution in [3.63, 3.8) is 0 Å². The fourth-order valence-corrected chi connectivity index (χ4v) is 2.82. The fourth-order valence-electron chi connectivity index (χ4n) is 1.36. The molecule has 0 fully saturated rings. The van der Waals surface area contributed by atoms with E-state index in [1.807, 2.05) is 38.1 Å². The number of nitrogen functional groups attached to an aromatic ring is 1. The molecule has 1 unspecified atom stereocenters. The third-order valence-electron chi connectivity index (χ3n) is 2.32. The molecule has 0 aliphatic carbocycles. The Labute approximate surface area is 119 Å². The Morgan fingerprint density at radius 2 is 2.05 bits per heavy atom. The minimum atomic E-state index is -0.215. The van der Waals surface area contributed by atoms with Crippen LogP contribution in [-0.4, -0.2) is 21.4 Å². The second-order valence-corrected chi connectivity index (χ2v) is 6.54. The Bertz CT molecular complexity index is 567. The first kappa shape index (κ1) is 13.8. The molecule has 0 bridgehead atoms. The zero-order valence-corrected chi connectivity index (χ0v) is 12.2. The summed E-state index contributed by atoms with van der Waals surface area (Å²) in [6, 6.07) is 7.44. The topological polar surface area (TPSA) is 80.9 Å². The number of nitrogens with zero attached hydrogens (tertiary/aromatic N) is 2. The van der Waals surface area contributed by atoms with Gasteiger partial charge in [0, 0.05) is 10.6 Å². The van der Waals surface area contributed by atoms with Crippen molar-refractivity contribution in [3.8, 4) is 0 Å². The van der Waals surface area contributed by atoms with Crippen LogP contribution < -0.4 is 11.1 Å². The molecule has 1 atom stereocenters. The van der Waals surface area contributed by atoms with Crippen LogP contribution in [0.3, 0.4) is 0 Å². The smallest absolute Gasteiger partial charge is 0.239 e. The first-order valence-corrected chi connectivity index (χ1v) is 7.37. The van der Waals surface area contributed by atoms with Crippen LogP contribution in [0.1, 0.15) is 11.9 Å². The number of carbonyl (C=O) groups is 1. The number of carbonyl (C=O) groups excluding carboxylic acids is 1. The second kappa shape index (κ2) is 6.03. The molecule has 0 saturated carbocycles. The lowest BCUT2D eigenvalue weighted by atomic mass is 10.3. The van der Waals surface area contributed by atoms with E-state index in [1.165, 1.54) is 23.1 Å². The number of hydrogen-bond donors (Lipinski definition) is 2. The molecule has 19 heavy (non-hydrogen) atoms. The van der Waals surface area contributed by atoms with Gasteiger partial charge in [0.05, 0.1) is 5.25 Å². The van der Waals surface area contributed by atoms with Crippen LogP contribution in [0.15, 0.2) is 29.2 Å². The maximum atomic E-state index is 12.0. The first-order valence-electron chi connectivity index (χ1n) is 5.68. The van der Waals surface area contributed by atoms with Crippen LogP contribution in [0, 0.1) is 6.92 Å². The predicted molar refractivity (Wildman–Crippen MR) is 79.4 cm³/mol. The summed E-state index contributed by atoms with van der Waals surface area (Å²) in [5, 5.41) is 11.6. The number of rotatable bonds is 4. The van der Waals surface area contributed by atoms with Crippen molar-refractivity contribution < 1.29 is 4.79 Å². The number of anilines is 2. The Morgan fingerprint density at radius 3 is 2.63 bits per heavy atom. The Kier molecular flexibility index (Phi) is 4.39. The normalized spacial score (nSPS) is 12.1. The van der Waals surface area contributed by atoms with Gasteiger partial charge in [-0.05, 0) is 38.1 Å². The molecule has 2 rings (SSSR count). The summed E-state index contributed by atoms with van der Waals surface area (Å²) >= 11 is 2.84. The van der Waals surface area contributed by atoms with E-state index in [9.17, 15) is 4.79 Å². The minimum Gasteiger partial charge on any atom is -0.399 e. The van der Waals surface area contributed by atoms with Crippen LogP contribution in [0.2, 0.25) is 0 Å². The molecule has 1 aromatic carbocycles. The fraction of sp³-hybridized carbons (Fsp3) is 0.250. The number of aryl methyl sites for hydroxylation is 1. The van der Waals surface area contributed by atoms with Crippen LogP contribution in [0.5, 0.6) is 0 Å². The first-order chi connectivity index (χ1) is 9.04. The van der Waals surface area contributed by atoms with Gasteiger partial charge in [0.25, 0.3) is 0 Å². The van der Waals surface area contributed by atoms with E-state index in [0.717, 1.165) is 9.90 Å². The van der Waals surface area contributed by atoms with E-state index < -0.39 is 0 Å². The highest BCUT2D eigenvalue weighted by atomic mass is 32.2. The number of nitrogens with two attached hydrogens (primary N) is 1. The Morgan fingerprint density at radius 1 is 1.37 bits per heavy atom. The zero-order chi connectivity index (χ0) is 13.8. The molecule has 5 nitrogen and oxygen atoms in total. The highest BCUT2D eigenvalue weighted by molar-refractivity contribution is 8.00. The number of hydrogen-bond acceptors (Lipinski definition) is 6. The second-order valence-electron chi connectivity index (χ2n) is 3.94. The molecule has 1 aromatic heterocycles.